The minimum atomic E-state index is 0.541. The Balaban J connectivity index is 1.66. The zero-order valence-electron chi connectivity index (χ0n) is 15.7. The third-order valence-corrected chi connectivity index (χ3v) is 3.98. The molecular weight excluding hydrogens is 330 g/mol. The van der Waals surface area contributed by atoms with E-state index in [0.717, 1.165) is 62.9 Å². The summed E-state index contributed by atoms with van der Waals surface area (Å²) in [6.07, 6.45) is 6.07. The van der Waals surface area contributed by atoms with Crippen LogP contribution in [0.2, 0.25) is 0 Å². The number of ether oxygens (including phenoxy) is 1. The molecule has 0 amide bonds. The second kappa shape index (κ2) is 11.1. The van der Waals surface area contributed by atoms with Crippen LogP contribution < -0.4 is 15.8 Å². The third-order valence-electron chi connectivity index (χ3n) is 3.98. The monoisotopic (exact) mass is 359 g/mol. The molecule has 0 aliphatic carbocycles. The number of hydrogen-bond acceptors (Lipinski definition) is 5. The Labute approximate surface area is 155 Å². The first-order chi connectivity index (χ1) is 12.7. The predicted molar refractivity (Wildman–Crippen MR) is 103 cm³/mol. The Bertz CT molecular complexity index is 667. The molecule has 1 aromatic carbocycles. The van der Waals surface area contributed by atoms with E-state index >= 15 is 0 Å². The molecular formula is C19H29N5O2. The number of aliphatic imine (C=N–C) groups is 1. The summed E-state index contributed by atoms with van der Waals surface area (Å²) in [4.78, 5) is 8.77. The first kappa shape index (κ1) is 19.8. The fourth-order valence-corrected chi connectivity index (χ4v) is 2.43. The number of aromatic nitrogens is 2. The quantitative estimate of drug-likeness (QED) is 0.363. The van der Waals surface area contributed by atoms with Crippen LogP contribution in [0.3, 0.4) is 0 Å². The van der Waals surface area contributed by atoms with Crippen molar-refractivity contribution in [2.45, 2.75) is 45.4 Å². The van der Waals surface area contributed by atoms with E-state index < -0.39 is 0 Å². The molecule has 0 unspecified atom stereocenters. The van der Waals surface area contributed by atoms with Crippen molar-refractivity contribution in [1.29, 1.82) is 0 Å². The maximum absolute atomic E-state index is 5.79. The van der Waals surface area contributed by atoms with Gasteiger partial charge in [0, 0.05) is 25.1 Å². The van der Waals surface area contributed by atoms with E-state index in [9.17, 15) is 0 Å². The van der Waals surface area contributed by atoms with E-state index in [1.54, 1.807) is 7.11 Å². The fourth-order valence-electron chi connectivity index (χ4n) is 2.43. The lowest BCUT2D eigenvalue weighted by Gasteiger charge is -2.03. The summed E-state index contributed by atoms with van der Waals surface area (Å²) in [6, 6.07) is 7.61. The van der Waals surface area contributed by atoms with Crippen LogP contribution in [0.1, 0.15) is 44.9 Å². The number of guanidine groups is 1. The van der Waals surface area contributed by atoms with Gasteiger partial charge in [0.1, 0.15) is 5.75 Å². The SMILES string of the molecule is CCCCNC(N)=NCCCCCc1nc(-c2ccc(OC)cc2)no1. The normalized spacial score (nSPS) is 11.5. The fraction of sp³-hybridized carbons (Fsp3) is 0.526. The van der Waals surface area contributed by atoms with Crippen LogP contribution >= 0.6 is 0 Å². The average Bonchev–Trinajstić information content (AvgIpc) is 3.14. The minimum absolute atomic E-state index is 0.541. The van der Waals surface area contributed by atoms with Crippen LogP contribution in [0.25, 0.3) is 11.4 Å². The van der Waals surface area contributed by atoms with Gasteiger partial charge in [-0.1, -0.05) is 24.9 Å². The van der Waals surface area contributed by atoms with Crippen LogP contribution in [0.4, 0.5) is 0 Å². The summed E-state index contributed by atoms with van der Waals surface area (Å²) in [6.45, 7) is 3.78. The molecule has 2 aromatic rings. The number of nitrogens with two attached hydrogens (primary N) is 1. The number of unbranched alkanes of at least 4 members (excludes halogenated alkanes) is 3. The Morgan fingerprint density at radius 1 is 1.19 bits per heavy atom. The highest BCUT2D eigenvalue weighted by Crippen LogP contribution is 2.20. The van der Waals surface area contributed by atoms with Crippen LogP contribution in [0, 0.1) is 0 Å². The lowest BCUT2D eigenvalue weighted by Crippen LogP contribution is -2.32. The summed E-state index contributed by atoms with van der Waals surface area (Å²) < 4.78 is 10.5. The molecule has 0 fully saturated rings. The third kappa shape index (κ3) is 6.74. The molecule has 7 heteroatoms. The summed E-state index contributed by atoms with van der Waals surface area (Å²) in [7, 11) is 1.64. The van der Waals surface area contributed by atoms with E-state index in [-0.39, 0.29) is 0 Å². The molecule has 0 aliphatic heterocycles. The highest BCUT2D eigenvalue weighted by molar-refractivity contribution is 5.77. The van der Waals surface area contributed by atoms with Gasteiger partial charge in [-0.05, 0) is 43.5 Å². The lowest BCUT2D eigenvalue weighted by atomic mass is 10.2. The standard InChI is InChI=1S/C19H29N5O2/c1-3-4-13-21-19(20)22-14-7-5-6-8-17-23-18(24-26-17)15-9-11-16(25-2)12-10-15/h9-12H,3-8,13-14H2,1-2H3,(H3,20,21,22). The van der Waals surface area contributed by atoms with Gasteiger partial charge in [0.05, 0.1) is 7.11 Å². The molecule has 1 heterocycles. The van der Waals surface area contributed by atoms with Gasteiger partial charge in [-0.2, -0.15) is 4.98 Å². The summed E-state index contributed by atoms with van der Waals surface area (Å²) in [5.41, 5.74) is 6.71. The zero-order valence-corrected chi connectivity index (χ0v) is 15.7. The van der Waals surface area contributed by atoms with Gasteiger partial charge in [0.25, 0.3) is 0 Å². The number of aryl methyl sites for hydroxylation is 1. The van der Waals surface area contributed by atoms with E-state index in [2.05, 4.69) is 27.4 Å². The molecule has 0 spiro atoms. The maximum atomic E-state index is 5.79. The Morgan fingerprint density at radius 3 is 2.73 bits per heavy atom. The Kier molecular flexibility index (Phi) is 8.45. The number of nitrogens with zero attached hydrogens (tertiary/aromatic N) is 3. The molecule has 26 heavy (non-hydrogen) atoms. The zero-order chi connectivity index (χ0) is 18.6. The van der Waals surface area contributed by atoms with Crippen LogP contribution in [0.15, 0.2) is 33.8 Å². The predicted octanol–water partition coefficient (Wildman–Crippen LogP) is 3.16. The maximum Gasteiger partial charge on any atom is 0.226 e. The van der Waals surface area contributed by atoms with Gasteiger partial charge >= 0.3 is 0 Å². The second-order valence-electron chi connectivity index (χ2n) is 6.10. The number of benzene rings is 1. The molecule has 2 rings (SSSR count). The van der Waals surface area contributed by atoms with Crippen molar-refractivity contribution in [3.8, 4) is 17.1 Å². The molecule has 0 saturated carbocycles. The smallest absolute Gasteiger partial charge is 0.226 e. The van der Waals surface area contributed by atoms with Crippen molar-refractivity contribution in [2.75, 3.05) is 20.2 Å². The Hall–Kier alpha value is -2.57. The molecule has 0 radical (unpaired) electrons. The van der Waals surface area contributed by atoms with Crippen molar-refractivity contribution in [3.63, 3.8) is 0 Å². The molecule has 7 nitrogen and oxygen atoms in total. The molecule has 3 N–H and O–H groups in total. The number of rotatable bonds is 11. The summed E-state index contributed by atoms with van der Waals surface area (Å²) in [5.74, 6) is 2.62. The number of hydrogen-bond donors (Lipinski definition) is 2. The second-order valence-corrected chi connectivity index (χ2v) is 6.10. The largest absolute Gasteiger partial charge is 0.497 e. The minimum Gasteiger partial charge on any atom is -0.497 e. The van der Waals surface area contributed by atoms with Crippen molar-refractivity contribution < 1.29 is 9.26 Å². The molecule has 0 saturated heterocycles. The van der Waals surface area contributed by atoms with Crippen LogP contribution in [-0.2, 0) is 6.42 Å². The highest BCUT2D eigenvalue weighted by Gasteiger charge is 2.08. The van der Waals surface area contributed by atoms with Gasteiger partial charge in [-0.15, -0.1) is 0 Å². The van der Waals surface area contributed by atoms with Crippen LogP contribution in [-0.4, -0.2) is 36.3 Å². The van der Waals surface area contributed by atoms with Crippen molar-refractivity contribution in [3.05, 3.63) is 30.2 Å². The van der Waals surface area contributed by atoms with E-state index in [0.29, 0.717) is 17.7 Å². The van der Waals surface area contributed by atoms with Crippen molar-refractivity contribution in [2.24, 2.45) is 10.7 Å². The number of nitrogens with one attached hydrogen (secondary N) is 1. The van der Waals surface area contributed by atoms with Crippen molar-refractivity contribution >= 4 is 5.96 Å². The number of methoxy groups -OCH3 is 1. The topological polar surface area (TPSA) is 98.6 Å². The average molecular weight is 359 g/mol. The summed E-state index contributed by atoms with van der Waals surface area (Å²) >= 11 is 0. The first-order valence-corrected chi connectivity index (χ1v) is 9.23. The molecule has 0 atom stereocenters. The first-order valence-electron chi connectivity index (χ1n) is 9.23. The molecule has 1 aromatic heterocycles. The van der Waals surface area contributed by atoms with Gasteiger partial charge in [0.15, 0.2) is 5.96 Å². The van der Waals surface area contributed by atoms with Gasteiger partial charge < -0.3 is 20.3 Å². The summed E-state index contributed by atoms with van der Waals surface area (Å²) in [5, 5.41) is 7.15. The highest BCUT2D eigenvalue weighted by atomic mass is 16.5. The van der Waals surface area contributed by atoms with E-state index in [1.807, 2.05) is 24.3 Å². The molecule has 0 bridgehead atoms. The van der Waals surface area contributed by atoms with Crippen molar-refractivity contribution in [1.82, 2.24) is 15.5 Å². The van der Waals surface area contributed by atoms with E-state index in [4.69, 9.17) is 15.0 Å². The van der Waals surface area contributed by atoms with Gasteiger partial charge in [0.2, 0.25) is 11.7 Å². The van der Waals surface area contributed by atoms with Gasteiger partial charge in [-0.25, -0.2) is 0 Å². The molecule has 0 aliphatic rings. The van der Waals surface area contributed by atoms with E-state index in [1.165, 1.54) is 0 Å². The van der Waals surface area contributed by atoms with Crippen LogP contribution in [0.5, 0.6) is 5.75 Å². The molecule has 142 valence electrons. The lowest BCUT2D eigenvalue weighted by molar-refractivity contribution is 0.374. The Morgan fingerprint density at radius 2 is 2.00 bits per heavy atom. The van der Waals surface area contributed by atoms with Gasteiger partial charge in [-0.3, -0.25) is 4.99 Å².